The third kappa shape index (κ3) is 2.74. The van der Waals surface area contributed by atoms with E-state index in [9.17, 15) is 0 Å². The van der Waals surface area contributed by atoms with Crippen molar-refractivity contribution < 1.29 is 0 Å². The van der Waals surface area contributed by atoms with Gasteiger partial charge in [-0.3, -0.25) is 0 Å². The number of hydrogen-bond acceptors (Lipinski definition) is 1. The van der Waals surface area contributed by atoms with Gasteiger partial charge in [-0.25, -0.2) is 0 Å². The monoisotopic (exact) mass is 178 g/mol. The molecular formula is C11H14S. The molecule has 0 N–H and O–H groups in total. The SMILES string of the molecule is C=Cc1ccc(SCCC)cc1. The molecule has 0 nitrogen and oxygen atoms in total. The lowest BCUT2D eigenvalue weighted by Gasteiger charge is -1.99. The molecule has 1 rings (SSSR count). The van der Waals surface area contributed by atoms with E-state index in [1.807, 2.05) is 17.8 Å². The van der Waals surface area contributed by atoms with Crippen molar-refractivity contribution in [2.75, 3.05) is 5.75 Å². The molecule has 12 heavy (non-hydrogen) atoms. The fourth-order valence-corrected chi connectivity index (χ4v) is 1.69. The number of benzene rings is 1. The Morgan fingerprint density at radius 3 is 2.50 bits per heavy atom. The van der Waals surface area contributed by atoms with Gasteiger partial charge >= 0.3 is 0 Å². The number of thioether (sulfide) groups is 1. The smallest absolute Gasteiger partial charge is 0.00723 e. The van der Waals surface area contributed by atoms with Gasteiger partial charge < -0.3 is 0 Å². The van der Waals surface area contributed by atoms with Crippen molar-refractivity contribution in [3.63, 3.8) is 0 Å². The maximum atomic E-state index is 3.72. The predicted molar refractivity (Wildman–Crippen MR) is 57.5 cm³/mol. The van der Waals surface area contributed by atoms with Gasteiger partial charge in [-0.1, -0.05) is 31.7 Å². The molecule has 0 bridgehead atoms. The molecule has 0 unspecified atom stereocenters. The van der Waals surface area contributed by atoms with E-state index in [0.717, 1.165) is 0 Å². The molecule has 0 spiro atoms. The Balaban J connectivity index is 2.58. The molecular weight excluding hydrogens is 164 g/mol. The lowest BCUT2D eigenvalue weighted by molar-refractivity contribution is 1.10. The minimum absolute atomic E-state index is 1.19. The molecule has 0 saturated carbocycles. The van der Waals surface area contributed by atoms with Gasteiger partial charge in [0, 0.05) is 4.90 Å². The van der Waals surface area contributed by atoms with E-state index in [0.29, 0.717) is 0 Å². The molecule has 0 amide bonds. The van der Waals surface area contributed by atoms with Crippen molar-refractivity contribution in [1.82, 2.24) is 0 Å². The summed E-state index contributed by atoms with van der Waals surface area (Å²) in [6.45, 7) is 5.92. The second-order valence-corrected chi connectivity index (χ2v) is 3.79. The molecule has 0 aromatic heterocycles. The highest BCUT2D eigenvalue weighted by Gasteiger charge is 1.91. The van der Waals surface area contributed by atoms with Gasteiger partial charge in [0.15, 0.2) is 0 Å². The molecule has 0 radical (unpaired) electrons. The second kappa shape index (κ2) is 5.04. The normalized spacial score (nSPS) is 9.75. The molecule has 0 aliphatic rings. The highest BCUT2D eigenvalue weighted by molar-refractivity contribution is 7.99. The Morgan fingerprint density at radius 1 is 1.33 bits per heavy atom. The van der Waals surface area contributed by atoms with E-state index in [-0.39, 0.29) is 0 Å². The molecule has 0 aliphatic carbocycles. The summed E-state index contributed by atoms with van der Waals surface area (Å²) >= 11 is 1.91. The Kier molecular flexibility index (Phi) is 3.95. The first-order chi connectivity index (χ1) is 5.86. The molecule has 0 fully saturated rings. The van der Waals surface area contributed by atoms with Gasteiger partial charge in [-0.15, -0.1) is 11.8 Å². The zero-order chi connectivity index (χ0) is 8.81. The van der Waals surface area contributed by atoms with Crippen molar-refractivity contribution in [1.29, 1.82) is 0 Å². The van der Waals surface area contributed by atoms with Gasteiger partial charge in [0.25, 0.3) is 0 Å². The first kappa shape index (κ1) is 9.40. The number of rotatable bonds is 4. The van der Waals surface area contributed by atoms with Gasteiger partial charge in [0.1, 0.15) is 0 Å². The summed E-state index contributed by atoms with van der Waals surface area (Å²) in [5.41, 5.74) is 1.19. The van der Waals surface area contributed by atoms with Crippen LogP contribution in [-0.2, 0) is 0 Å². The van der Waals surface area contributed by atoms with Crippen LogP contribution in [0.15, 0.2) is 35.7 Å². The van der Waals surface area contributed by atoms with Gasteiger partial charge in [0.05, 0.1) is 0 Å². The Labute approximate surface area is 78.7 Å². The van der Waals surface area contributed by atoms with Crippen LogP contribution in [0.2, 0.25) is 0 Å². The summed E-state index contributed by atoms with van der Waals surface area (Å²) < 4.78 is 0. The minimum atomic E-state index is 1.19. The van der Waals surface area contributed by atoms with Crippen LogP contribution in [0.3, 0.4) is 0 Å². The quantitative estimate of drug-likeness (QED) is 0.631. The highest BCUT2D eigenvalue weighted by Crippen LogP contribution is 2.19. The van der Waals surface area contributed by atoms with Crippen LogP contribution in [-0.4, -0.2) is 5.75 Å². The second-order valence-electron chi connectivity index (χ2n) is 2.62. The molecule has 64 valence electrons. The highest BCUT2D eigenvalue weighted by atomic mass is 32.2. The van der Waals surface area contributed by atoms with E-state index in [4.69, 9.17) is 0 Å². The fraction of sp³-hybridized carbons (Fsp3) is 0.273. The first-order valence-electron chi connectivity index (χ1n) is 4.22. The van der Waals surface area contributed by atoms with Crippen LogP contribution < -0.4 is 0 Å². The predicted octanol–water partition coefficient (Wildman–Crippen LogP) is 3.83. The van der Waals surface area contributed by atoms with Crippen LogP contribution in [0.25, 0.3) is 6.08 Å². The van der Waals surface area contributed by atoms with Crippen LogP contribution in [0.5, 0.6) is 0 Å². The summed E-state index contributed by atoms with van der Waals surface area (Å²) in [5.74, 6) is 1.20. The summed E-state index contributed by atoms with van der Waals surface area (Å²) in [4.78, 5) is 1.35. The van der Waals surface area contributed by atoms with Crippen molar-refractivity contribution >= 4 is 17.8 Å². The third-order valence-corrected chi connectivity index (χ3v) is 2.81. The molecule has 1 heteroatoms. The standard InChI is InChI=1S/C11H14S/c1-3-9-12-11-7-5-10(4-2)6-8-11/h4-8H,2-3,9H2,1H3. The first-order valence-corrected chi connectivity index (χ1v) is 5.20. The summed E-state index contributed by atoms with van der Waals surface area (Å²) in [5, 5.41) is 0. The largest absolute Gasteiger partial charge is 0.126 e. The van der Waals surface area contributed by atoms with E-state index in [1.54, 1.807) is 0 Å². The topological polar surface area (TPSA) is 0 Å². The lowest BCUT2D eigenvalue weighted by atomic mass is 10.2. The number of hydrogen-bond donors (Lipinski definition) is 0. The fourth-order valence-electron chi connectivity index (χ4n) is 0.920. The molecule has 0 aliphatic heterocycles. The average Bonchev–Trinajstić information content (AvgIpc) is 2.15. The van der Waals surface area contributed by atoms with Gasteiger partial charge in [-0.2, -0.15) is 0 Å². The summed E-state index contributed by atoms with van der Waals surface area (Å²) in [7, 11) is 0. The van der Waals surface area contributed by atoms with Crippen LogP contribution >= 0.6 is 11.8 Å². The van der Waals surface area contributed by atoms with Gasteiger partial charge in [-0.05, 0) is 29.9 Å². The zero-order valence-electron chi connectivity index (χ0n) is 7.42. The van der Waals surface area contributed by atoms with Crippen LogP contribution in [0, 0.1) is 0 Å². The Morgan fingerprint density at radius 2 is 2.00 bits per heavy atom. The lowest BCUT2D eigenvalue weighted by Crippen LogP contribution is -1.76. The van der Waals surface area contributed by atoms with Crippen LogP contribution in [0.4, 0.5) is 0 Å². The maximum Gasteiger partial charge on any atom is 0.00723 e. The zero-order valence-corrected chi connectivity index (χ0v) is 8.23. The van der Waals surface area contributed by atoms with Crippen molar-refractivity contribution in [3.05, 3.63) is 36.4 Å². The third-order valence-electron chi connectivity index (χ3n) is 1.59. The molecule has 1 aromatic carbocycles. The summed E-state index contributed by atoms with van der Waals surface area (Å²) in [6.07, 6.45) is 3.10. The van der Waals surface area contributed by atoms with Crippen molar-refractivity contribution in [2.24, 2.45) is 0 Å². The van der Waals surface area contributed by atoms with E-state index < -0.39 is 0 Å². The van der Waals surface area contributed by atoms with E-state index in [2.05, 4.69) is 37.8 Å². The van der Waals surface area contributed by atoms with Gasteiger partial charge in [0.2, 0.25) is 0 Å². The molecule has 0 atom stereocenters. The Bertz CT molecular complexity index is 236. The van der Waals surface area contributed by atoms with E-state index in [1.165, 1.54) is 22.6 Å². The van der Waals surface area contributed by atoms with Crippen LogP contribution in [0.1, 0.15) is 18.9 Å². The molecule has 0 saturated heterocycles. The summed E-state index contributed by atoms with van der Waals surface area (Å²) in [6, 6.07) is 8.50. The van der Waals surface area contributed by atoms with Crippen molar-refractivity contribution in [3.8, 4) is 0 Å². The van der Waals surface area contributed by atoms with E-state index >= 15 is 0 Å². The molecule has 1 aromatic rings. The molecule has 0 heterocycles. The Hall–Kier alpha value is -0.690. The maximum absolute atomic E-state index is 3.72. The average molecular weight is 178 g/mol. The minimum Gasteiger partial charge on any atom is -0.126 e. The van der Waals surface area contributed by atoms with Crippen molar-refractivity contribution in [2.45, 2.75) is 18.2 Å².